The van der Waals surface area contributed by atoms with Crippen molar-refractivity contribution in [3.05, 3.63) is 128 Å². The molecule has 5 aromatic rings. The summed E-state index contributed by atoms with van der Waals surface area (Å²) in [7, 11) is 1.59. The monoisotopic (exact) mass is 443 g/mol. The Kier molecular flexibility index (Phi) is 3.26. The zero-order valence-corrected chi connectivity index (χ0v) is 18.6. The molecule has 0 spiro atoms. The van der Waals surface area contributed by atoms with Crippen molar-refractivity contribution in [3.8, 4) is 11.1 Å². The third-order valence-corrected chi connectivity index (χ3v) is 8.34. The van der Waals surface area contributed by atoms with Gasteiger partial charge in [-0.1, -0.05) is 84.9 Å². The molecule has 0 saturated carbocycles. The normalized spacial score (nSPS) is 23.1. The fourth-order valence-corrected chi connectivity index (χ4v) is 7.10. The summed E-state index contributed by atoms with van der Waals surface area (Å²) in [6.45, 7) is 0. The molecule has 0 N–H and O–H groups in total. The van der Waals surface area contributed by atoms with Crippen molar-refractivity contribution in [1.29, 1.82) is 0 Å². The van der Waals surface area contributed by atoms with Gasteiger partial charge in [-0.2, -0.15) is 0 Å². The van der Waals surface area contributed by atoms with Crippen LogP contribution in [0.15, 0.2) is 94.5 Å². The first-order valence-electron chi connectivity index (χ1n) is 11.8. The molecule has 0 amide bonds. The zero-order valence-electron chi connectivity index (χ0n) is 18.6. The Morgan fingerprint density at radius 3 is 1.85 bits per heavy atom. The maximum absolute atomic E-state index is 13.5. The smallest absolute Gasteiger partial charge is 0.246 e. The summed E-state index contributed by atoms with van der Waals surface area (Å²) in [5.74, 6) is 0.137. The molecule has 2 bridgehead atoms. The molecule has 5 nitrogen and oxygen atoms in total. The minimum Gasteiger partial charge on any atom is -0.246 e. The Bertz CT molecular complexity index is 1800. The molecule has 34 heavy (non-hydrogen) atoms. The summed E-state index contributed by atoms with van der Waals surface area (Å²) in [6, 6.07) is 29.4. The van der Waals surface area contributed by atoms with Crippen LogP contribution in [0.2, 0.25) is 0 Å². The van der Waals surface area contributed by atoms with E-state index in [4.69, 9.17) is 0 Å². The summed E-state index contributed by atoms with van der Waals surface area (Å²) in [6.07, 6.45) is 0. The number of nitrogens with zero attached hydrogens (tertiary/aromatic N) is 3. The fourth-order valence-electron chi connectivity index (χ4n) is 7.10. The second-order valence-corrected chi connectivity index (χ2v) is 9.72. The van der Waals surface area contributed by atoms with Gasteiger partial charge in [0.15, 0.2) is 0 Å². The number of rotatable bonds is 0. The van der Waals surface area contributed by atoms with Gasteiger partial charge in [-0.05, 0) is 44.2 Å². The number of hydrogen-bond donors (Lipinski definition) is 0. The van der Waals surface area contributed by atoms with E-state index in [-0.39, 0.29) is 35.3 Å². The van der Waals surface area contributed by atoms with Crippen molar-refractivity contribution in [2.45, 2.75) is 23.9 Å². The molecule has 4 atom stereocenters. The molecule has 2 unspecified atom stereocenters. The molecule has 0 fully saturated rings. The van der Waals surface area contributed by atoms with Crippen molar-refractivity contribution < 1.29 is 0 Å². The van der Waals surface area contributed by atoms with Crippen molar-refractivity contribution in [1.82, 2.24) is 13.9 Å². The first kappa shape index (κ1) is 18.3. The van der Waals surface area contributed by atoms with Crippen molar-refractivity contribution in [2.24, 2.45) is 7.05 Å². The van der Waals surface area contributed by atoms with Crippen LogP contribution in [0.3, 0.4) is 0 Å². The second-order valence-electron chi connectivity index (χ2n) is 9.72. The van der Waals surface area contributed by atoms with E-state index in [0.29, 0.717) is 0 Å². The van der Waals surface area contributed by atoms with Gasteiger partial charge in [0.05, 0.1) is 12.1 Å². The van der Waals surface area contributed by atoms with E-state index in [9.17, 15) is 9.59 Å². The van der Waals surface area contributed by atoms with E-state index in [1.165, 1.54) is 37.8 Å². The lowest BCUT2D eigenvalue weighted by molar-refractivity contribution is 0.176. The van der Waals surface area contributed by atoms with Crippen LogP contribution in [0.1, 0.15) is 46.2 Å². The molecule has 0 radical (unpaired) electrons. The van der Waals surface area contributed by atoms with E-state index >= 15 is 0 Å². The van der Waals surface area contributed by atoms with Crippen molar-refractivity contribution in [3.63, 3.8) is 0 Å². The van der Waals surface area contributed by atoms with Crippen LogP contribution in [-0.4, -0.2) is 13.9 Å². The number of fused-ring (bicyclic) bond motifs is 4. The van der Waals surface area contributed by atoms with Crippen LogP contribution < -0.4 is 11.4 Å². The first-order chi connectivity index (χ1) is 16.7. The third kappa shape index (κ3) is 1.94. The number of hydrogen-bond acceptors (Lipinski definition) is 2. The van der Waals surface area contributed by atoms with E-state index < -0.39 is 0 Å². The van der Waals surface area contributed by atoms with Gasteiger partial charge in [0.25, 0.3) is 0 Å². The third-order valence-electron chi connectivity index (χ3n) is 8.34. The van der Waals surface area contributed by atoms with Crippen molar-refractivity contribution >= 4 is 10.8 Å². The van der Waals surface area contributed by atoms with Gasteiger partial charge in [0.1, 0.15) is 0 Å². The summed E-state index contributed by atoms with van der Waals surface area (Å²) in [5.41, 5.74) is 6.84. The Labute approximate surface area is 195 Å². The molecular formula is C29H21N3O2. The van der Waals surface area contributed by atoms with Gasteiger partial charge in [-0.3, -0.25) is 0 Å². The molecule has 5 heteroatoms. The highest BCUT2D eigenvalue weighted by molar-refractivity contribution is 5.89. The average molecular weight is 444 g/mol. The van der Waals surface area contributed by atoms with E-state index in [0.717, 1.165) is 10.9 Å². The molecule has 1 aromatic heterocycles. The van der Waals surface area contributed by atoms with Crippen molar-refractivity contribution in [2.75, 3.05) is 0 Å². The molecule has 9 rings (SSSR count). The molecule has 2 aliphatic carbocycles. The van der Waals surface area contributed by atoms with Gasteiger partial charge in [-0.15, -0.1) is 0 Å². The van der Waals surface area contributed by atoms with Gasteiger partial charge >= 0.3 is 11.4 Å². The summed E-state index contributed by atoms with van der Waals surface area (Å²) < 4.78 is 4.77. The van der Waals surface area contributed by atoms with Crippen LogP contribution in [0.25, 0.3) is 21.9 Å². The topological polar surface area (TPSA) is 48.9 Å². The number of benzene rings is 4. The maximum Gasteiger partial charge on any atom is 0.347 e. The Morgan fingerprint density at radius 1 is 0.588 bits per heavy atom. The Morgan fingerprint density at radius 2 is 1.15 bits per heavy atom. The highest BCUT2D eigenvalue weighted by Crippen LogP contribution is 2.64. The van der Waals surface area contributed by atoms with Crippen LogP contribution in [0, 0.1) is 0 Å². The minimum absolute atomic E-state index is 0.0638. The SMILES string of the molecule is Cn1c(=O)n2n(c1=O)C1c3ccc4ccccc4c3C2[C@H]2c3ccccc3-c3ccccc3[C@@H]12. The predicted octanol–water partition coefficient (Wildman–Crippen LogP) is 4.56. The van der Waals surface area contributed by atoms with Crippen LogP contribution in [0.4, 0.5) is 0 Å². The molecule has 4 aromatic carbocycles. The van der Waals surface area contributed by atoms with Crippen LogP contribution in [-0.2, 0) is 7.05 Å². The average Bonchev–Trinajstić information content (AvgIpc) is 3.13. The Balaban J connectivity index is 1.59. The van der Waals surface area contributed by atoms with Gasteiger partial charge in [0.2, 0.25) is 0 Å². The lowest BCUT2D eigenvalue weighted by Gasteiger charge is -2.53. The molecular weight excluding hydrogens is 422 g/mol. The van der Waals surface area contributed by atoms with Crippen LogP contribution >= 0.6 is 0 Å². The van der Waals surface area contributed by atoms with Crippen LogP contribution in [0.5, 0.6) is 0 Å². The molecule has 4 aliphatic rings. The fraction of sp³-hybridized carbons (Fsp3) is 0.172. The quantitative estimate of drug-likeness (QED) is 0.352. The lowest BCUT2D eigenvalue weighted by atomic mass is 9.58. The van der Waals surface area contributed by atoms with E-state index in [1.807, 2.05) is 0 Å². The predicted molar refractivity (Wildman–Crippen MR) is 132 cm³/mol. The Hall–Kier alpha value is -4.12. The molecule has 0 saturated heterocycles. The maximum atomic E-state index is 13.5. The molecule has 2 aliphatic heterocycles. The largest absolute Gasteiger partial charge is 0.347 e. The van der Waals surface area contributed by atoms with Gasteiger partial charge in [-0.25, -0.2) is 23.5 Å². The standard InChI is InChI=1S/C29H21N3O2/c1-30-28(33)31-26-22-15-14-16-8-2-3-9-17(16)23(22)27(32(31)29(30)34)25-21-13-7-5-11-19(21)18-10-4-6-12-20(18)24(25)26/h2-15,24-27H,1H3/t24-,25+,26?,27?/m1/s1. The summed E-state index contributed by atoms with van der Waals surface area (Å²) >= 11 is 0. The molecule has 164 valence electrons. The highest BCUT2D eigenvalue weighted by Gasteiger charge is 2.55. The first-order valence-corrected chi connectivity index (χ1v) is 11.8. The zero-order chi connectivity index (χ0) is 22.7. The lowest BCUT2D eigenvalue weighted by Crippen LogP contribution is -2.51. The van der Waals surface area contributed by atoms with E-state index in [2.05, 4.69) is 84.9 Å². The minimum atomic E-state index is -0.257. The van der Waals surface area contributed by atoms with E-state index in [1.54, 1.807) is 16.4 Å². The highest BCUT2D eigenvalue weighted by atomic mass is 16.2. The number of aromatic nitrogens is 3. The second kappa shape index (κ2) is 6.06. The molecule has 3 heterocycles. The summed E-state index contributed by atoms with van der Waals surface area (Å²) in [4.78, 5) is 26.9. The van der Waals surface area contributed by atoms with Gasteiger partial charge in [0, 0.05) is 18.9 Å². The summed E-state index contributed by atoms with van der Waals surface area (Å²) in [5, 5.41) is 2.33. The van der Waals surface area contributed by atoms with Gasteiger partial charge < -0.3 is 0 Å².